The minimum absolute atomic E-state index is 0.111. The van der Waals surface area contributed by atoms with Gasteiger partial charge in [0.15, 0.2) is 12.4 Å². The van der Waals surface area contributed by atoms with E-state index < -0.39 is 37.1 Å². The van der Waals surface area contributed by atoms with E-state index in [9.17, 15) is 19.7 Å². The minimum atomic E-state index is -1.79. The van der Waals surface area contributed by atoms with E-state index in [0.29, 0.717) is 0 Å². The van der Waals surface area contributed by atoms with Crippen LogP contribution in [0.1, 0.15) is 0 Å². The maximum atomic E-state index is 14.3. The number of halogens is 1. The summed E-state index contributed by atoms with van der Waals surface area (Å²) in [5.74, 6) is 0.334. The zero-order valence-electron chi connectivity index (χ0n) is 10.9. The summed E-state index contributed by atoms with van der Waals surface area (Å²) in [6.07, 6.45) is -1.41. The van der Waals surface area contributed by atoms with Gasteiger partial charge in [-0.15, -0.1) is 0 Å². The number of alkyl halides is 1. The number of aliphatic hydroxyl groups is 3. The standard InChI is InChI=1S/C11H18FN3O4S/c1-20-5-11(4-16)8(17)7(12)9(19-11)15-3-2-6(13)14-10(15)18/h2-3,7-10,16-18H,4-5H2,1H3,(H2,13,14)/t7-,8+,9-,10?,11+/m1/s1. The summed E-state index contributed by atoms with van der Waals surface area (Å²) in [6.45, 7) is -0.523. The first-order valence-electron chi connectivity index (χ1n) is 6.02. The van der Waals surface area contributed by atoms with E-state index >= 15 is 0 Å². The fraction of sp³-hybridized carbons (Fsp3) is 0.727. The van der Waals surface area contributed by atoms with Gasteiger partial charge in [0.25, 0.3) is 0 Å². The molecule has 9 heteroatoms. The molecule has 0 radical (unpaired) electrons. The normalized spacial score (nSPS) is 41.0. The van der Waals surface area contributed by atoms with Crippen LogP contribution >= 0.6 is 11.8 Å². The molecule has 0 bridgehead atoms. The Morgan fingerprint density at radius 3 is 2.85 bits per heavy atom. The van der Waals surface area contributed by atoms with E-state index in [1.807, 2.05) is 0 Å². The van der Waals surface area contributed by atoms with Gasteiger partial charge in [0.2, 0.25) is 6.35 Å². The van der Waals surface area contributed by atoms with Crippen molar-refractivity contribution in [1.82, 2.24) is 4.90 Å². The number of hydrogen-bond donors (Lipinski definition) is 4. The first-order chi connectivity index (χ1) is 9.45. The molecule has 114 valence electrons. The van der Waals surface area contributed by atoms with Gasteiger partial charge in [0.1, 0.15) is 17.5 Å². The molecule has 1 unspecified atom stereocenters. The van der Waals surface area contributed by atoms with Crippen LogP contribution in [0.2, 0.25) is 0 Å². The van der Waals surface area contributed by atoms with E-state index in [1.54, 1.807) is 6.26 Å². The quantitative estimate of drug-likeness (QED) is 0.505. The Balaban J connectivity index is 2.20. The molecule has 2 aliphatic rings. The Morgan fingerprint density at radius 1 is 1.60 bits per heavy atom. The van der Waals surface area contributed by atoms with E-state index in [-0.39, 0.29) is 11.6 Å². The topological polar surface area (TPSA) is 112 Å². The second-order valence-electron chi connectivity index (χ2n) is 4.72. The van der Waals surface area contributed by atoms with Crippen LogP contribution in [0.3, 0.4) is 0 Å². The molecule has 1 saturated heterocycles. The predicted molar refractivity (Wildman–Crippen MR) is 72.6 cm³/mol. The van der Waals surface area contributed by atoms with Gasteiger partial charge in [-0.25, -0.2) is 9.38 Å². The molecule has 0 amide bonds. The maximum Gasteiger partial charge on any atom is 0.229 e. The number of nitrogens with two attached hydrogens (primary N) is 1. The number of amidine groups is 1. The van der Waals surface area contributed by atoms with Crippen LogP contribution in [-0.4, -0.2) is 75.1 Å². The number of hydrogen-bond acceptors (Lipinski definition) is 8. The van der Waals surface area contributed by atoms with Crippen LogP contribution < -0.4 is 5.73 Å². The van der Waals surface area contributed by atoms with Crippen molar-refractivity contribution in [2.45, 2.75) is 30.5 Å². The molecular formula is C11H18FN3O4S. The lowest BCUT2D eigenvalue weighted by molar-refractivity contribution is -0.154. The number of nitrogens with zero attached hydrogens (tertiary/aromatic N) is 2. The van der Waals surface area contributed by atoms with Gasteiger partial charge < -0.3 is 30.7 Å². The summed E-state index contributed by atoms with van der Waals surface area (Å²) >= 11 is 1.32. The summed E-state index contributed by atoms with van der Waals surface area (Å²) < 4.78 is 19.8. The number of ether oxygens (including phenoxy) is 1. The molecule has 0 aliphatic carbocycles. The number of thioether (sulfide) groups is 1. The van der Waals surface area contributed by atoms with E-state index in [0.717, 1.165) is 4.90 Å². The van der Waals surface area contributed by atoms with Crippen molar-refractivity contribution in [3.63, 3.8) is 0 Å². The number of aliphatic imine (C=N–C) groups is 1. The molecule has 2 aliphatic heterocycles. The van der Waals surface area contributed by atoms with Crippen LogP contribution in [0.4, 0.5) is 4.39 Å². The second-order valence-corrected chi connectivity index (χ2v) is 5.58. The number of rotatable bonds is 4. The van der Waals surface area contributed by atoms with Gasteiger partial charge in [0.05, 0.1) is 6.61 Å². The Bertz CT molecular complexity index is 424. The Kier molecular flexibility index (Phi) is 4.55. The number of aliphatic hydroxyl groups excluding tert-OH is 3. The van der Waals surface area contributed by atoms with Crippen molar-refractivity contribution in [1.29, 1.82) is 0 Å². The third-order valence-electron chi connectivity index (χ3n) is 3.37. The van der Waals surface area contributed by atoms with Crippen LogP contribution in [0, 0.1) is 0 Å². The first-order valence-corrected chi connectivity index (χ1v) is 7.41. The summed E-state index contributed by atoms with van der Waals surface area (Å²) in [4.78, 5) is 4.79. The summed E-state index contributed by atoms with van der Waals surface area (Å²) in [7, 11) is 0. The van der Waals surface area contributed by atoms with Crippen molar-refractivity contribution in [2.75, 3.05) is 18.6 Å². The van der Waals surface area contributed by atoms with Crippen molar-refractivity contribution in [3.8, 4) is 0 Å². The molecule has 5 N–H and O–H groups in total. The fourth-order valence-electron chi connectivity index (χ4n) is 2.29. The first kappa shape index (κ1) is 15.5. The van der Waals surface area contributed by atoms with Crippen LogP contribution in [0.15, 0.2) is 17.3 Å². The molecule has 0 aromatic heterocycles. The van der Waals surface area contributed by atoms with Gasteiger partial charge in [-0.2, -0.15) is 11.8 Å². The van der Waals surface area contributed by atoms with Crippen molar-refractivity contribution in [3.05, 3.63) is 12.3 Å². The lowest BCUT2D eigenvalue weighted by atomic mass is 9.99. The maximum absolute atomic E-state index is 14.3. The Morgan fingerprint density at radius 2 is 2.30 bits per heavy atom. The van der Waals surface area contributed by atoms with E-state index in [2.05, 4.69) is 4.99 Å². The van der Waals surface area contributed by atoms with E-state index in [4.69, 9.17) is 10.5 Å². The van der Waals surface area contributed by atoms with Crippen molar-refractivity contribution < 1.29 is 24.4 Å². The lowest BCUT2D eigenvalue weighted by Gasteiger charge is -2.34. The molecule has 0 aromatic rings. The molecule has 1 fully saturated rings. The molecule has 5 atom stereocenters. The van der Waals surface area contributed by atoms with Gasteiger partial charge in [-0.1, -0.05) is 0 Å². The van der Waals surface area contributed by atoms with E-state index in [1.165, 1.54) is 24.0 Å². The van der Waals surface area contributed by atoms with Gasteiger partial charge >= 0.3 is 0 Å². The zero-order valence-corrected chi connectivity index (χ0v) is 11.7. The molecule has 0 aromatic carbocycles. The van der Waals surface area contributed by atoms with Crippen LogP contribution in [0.25, 0.3) is 0 Å². The fourth-order valence-corrected chi connectivity index (χ4v) is 3.10. The third kappa shape index (κ3) is 2.51. The predicted octanol–water partition coefficient (Wildman–Crippen LogP) is -1.40. The highest BCUT2D eigenvalue weighted by Crippen LogP contribution is 2.37. The highest BCUT2D eigenvalue weighted by atomic mass is 32.2. The van der Waals surface area contributed by atoms with Crippen molar-refractivity contribution in [2.24, 2.45) is 10.7 Å². The Labute approximate surface area is 119 Å². The Hall–Kier alpha value is -0.870. The summed E-state index contributed by atoms with van der Waals surface area (Å²) in [6, 6.07) is 0. The average Bonchev–Trinajstić information content (AvgIpc) is 2.65. The molecule has 7 nitrogen and oxygen atoms in total. The zero-order chi connectivity index (χ0) is 14.9. The lowest BCUT2D eigenvalue weighted by Crippen LogP contribution is -2.47. The summed E-state index contributed by atoms with van der Waals surface area (Å²) in [5, 5.41) is 29.2. The highest BCUT2D eigenvalue weighted by molar-refractivity contribution is 7.98. The van der Waals surface area contributed by atoms with Gasteiger partial charge in [-0.05, 0) is 12.3 Å². The smallest absolute Gasteiger partial charge is 0.229 e. The molecule has 2 rings (SSSR count). The van der Waals surface area contributed by atoms with Crippen LogP contribution in [0.5, 0.6) is 0 Å². The third-order valence-corrected chi connectivity index (χ3v) is 4.14. The largest absolute Gasteiger partial charge is 0.393 e. The highest BCUT2D eigenvalue weighted by Gasteiger charge is 2.57. The summed E-state index contributed by atoms with van der Waals surface area (Å²) in [5.41, 5.74) is 4.03. The SMILES string of the molecule is CSC[C@]1(CO)O[C@@H](N2C=CC(N)=NC2O)[C@H](F)[C@@H]1O. The molecule has 20 heavy (non-hydrogen) atoms. The molecular weight excluding hydrogens is 289 g/mol. The second kappa shape index (κ2) is 5.86. The van der Waals surface area contributed by atoms with Crippen molar-refractivity contribution >= 4 is 17.6 Å². The van der Waals surface area contributed by atoms with Crippen LogP contribution in [-0.2, 0) is 4.74 Å². The molecule has 2 heterocycles. The van der Waals surface area contributed by atoms with Gasteiger partial charge in [0, 0.05) is 12.0 Å². The average molecular weight is 307 g/mol. The molecule has 0 spiro atoms. The van der Waals surface area contributed by atoms with Gasteiger partial charge in [-0.3, -0.25) is 0 Å². The molecule has 0 saturated carbocycles. The monoisotopic (exact) mass is 307 g/mol. The minimum Gasteiger partial charge on any atom is -0.393 e.